The van der Waals surface area contributed by atoms with E-state index >= 15 is 0 Å². The molecule has 1 aliphatic rings. The lowest BCUT2D eigenvalue weighted by Gasteiger charge is -2.39. The Bertz CT molecular complexity index is 358. The highest BCUT2D eigenvalue weighted by atomic mass is 32.2. The van der Waals surface area contributed by atoms with E-state index in [9.17, 15) is 13.2 Å². The van der Waals surface area contributed by atoms with Crippen LogP contribution in [0.5, 0.6) is 0 Å². The maximum absolute atomic E-state index is 12.0. The minimum Gasteiger partial charge on any atom is -0.339 e. The van der Waals surface area contributed by atoms with E-state index < -0.39 is 14.6 Å². The van der Waals surface area contributed by atoms with Crippen LogP contribution in [0.25, 0.3) is 0 Å². The van der Waals surface area contributed by atoms with E-state index in [1.165, 1.54) is 18.7 Å². The Hall–Kier alpha value is -0.620. The molecule has 0 spiro atoms. The number of carbonyl (C=O) groups is 1. The molecule has 1 amide bonds. The van der Waals surface area contributed by atoms with Crippen molar-refractivity contribution in [2.75, 3.05) is 26.4 Å². The van der Waals surface area contributed by atoms with Gasteiger partial charge in [0.25, 0.3) is 0 Å². The van der Waals surface area contributed by atoms with Crippen molar-refractivity contribution in [1.82, 2.24) is 10.2 Å². The lowest BCUT2D eigenvalue weighted by atomic mass is 10.1. The molecule has 1 aliphatic heterocycles. The average molecular weight is 234 g/mol. The van der Waals surface area contributed by atoms with E-state index in [0.717, 1.165) is 19.3 Å². The molecule has 1 heterocycles. The van der Waals surface area contributed by atoms with E-state index in [4.69, 9.17) is 0 Å². The molecular weight excluding hydrogens is 216 g/mol. The first-order valence-corrected chi connectivity index (χ1v) is 6.74. The van der Waals surface area contributed by atoms with Gasteiger partial charge in [-0.25, -0.2) is 8.42 Å². The van der Waals surface area contributed by atoms with Gasteiger partial charge in [0.15, 0.2) is 9.84 Å². The highest BCUT2D eigenvalue weighted by Gasteiger charge is 2.42. The van der Waals surface area contributed by atoms with Crippen molar-refractivity contribution < 1.29 is 13.2 Å². The Morgan fingerprint density at radius 1 is 1.40 bits per heavy atom. The summed E-state index contributed by atoms with van der Waals surface area (Å²) >= 11 is 0. The van der Waals surface area contributed by atoms with Crippen LogP contribution in [-0.2, 0) is 14.6 Å². The molecule has 1 fully saturated rings. The molecule has 0 aromatic carbocycles. The summed E-state index contributed by atoms with van der Waals surface area (Å²) < 4.78 is 21.6. The Morgan fingerprint density at radius 2 is 1.87 bits per heavy atom. The zero-order valence-electron chi connectivity index (χ0n) is 9.57. The molecule has 1 rings (SSSR count). The van der Waals surface area contributed by atoms with Crippen molar-refractivity contribution in [2.45, 2.75) is 24.6 Å². The molecule has 88 valence electrons. The Morgan fingerprint density at radius 3 is 2.13 bits per heavy atom. The number of amides is 1. The fourth-order valence-corrected chi connectivity index (χ4v) is 1.76. The summed E-state index contributed by atoms with van der Waals surface area (Å²) in [5.74, 6) is -0.337. The van der Waals surface area contributed by atoms with Gasteiger partial charge in [0.05, 0.1) is 6.04 Å². The van der Waals surface area contributed by atoms with E-state index in [1.807, 2.05) is 0 Å². The van der Waals surface area contributed by atoms with Gasteiger partial charge in [0, 0.05) is 26.4 Å². The minimum atomic E-state index is -3.38. The van der Waals surface area contributed by atoms with Crippen LogP contribution in [0.1, 0.15) is 13.8 Å². The molecule has 0 aromatic heterocycles. The summed E-state index contributed by atoms with van der Waals surface area (Å²) in [7, 11) is -1.72. The Kier molecular flexibility index (Phi) is 3.11. The first-order valence-electron chi connectivity index (χ1n) is 4.85. The summed E-state index contributed by atoms with van der Waals surface area (Å²) in [6.45, 7) is 4.38. The molecular formula is C9H18N2O3S. The topological polar surface area (TPSA) is 66.5 Å². The van der Waals surface area contributed by atoms with Gasteiger partial charge in [-0.05, 0) is 13.8 Å². The molecule has 0 radical (unpaired) electrons. The number of rotatable bonds is 3. The largest absolute Gasteiger partial charge is 0.339 e. The molecule has 0 unspecified atom stereocenters. The molecule has 0 aromatic rings. The second kappa shape index (κ2) is 3.75. The standard InChI is InChI=1S/C9H18N2O3S/c1-9(2,15(4,13)14)8(12)11(3)7-5-10-6-7/h7,10H,5-6H2,1-4H3. The number of likely N-dealkylation sites (N-methyl/N-ethyl adjacent to an activating group) is 1. The molecule has 1 saturated heterocycles. The SMILES string of the molecule is CN(C(=O)C(C)(C)S(C)(=O)=O)C1CNC1. The molecule has 0 aliphatic carbocycles. The summed E-state index contributed by atoms with van der Waals surface area (Å²) in [6.07, 6.45) is 1.10. The second-order valence-electron chi connectivity index (χ2n) is 4.51. The molecule has 15 heavy (non-hydrogen) atoms. The van der Waals surface area contributed by atoms with Crippen molar-refractivity contribution in [1.29, 1.82) is 0 Å². The van der Waals surface area contributed by atoms with Crippen LogP contribution in [0, 0.1) is 0 Å². The average Bonchev–Trinajstić information content (AvgIpc) is 1.97. The Balaban J connectivity index is 2.83. The first kappa shape index (κ1) is 12.4. The van der Waals surface area contributed by atoms with Gasteiger partial charge >= 0.3 is 0 Å². The van der Waals surface area contributed by atoms with Crippen LogP contribution in [0.4, 0.5) is 0 Å². The predicted octanol–water partition coefficient (Wildman–Crippen LogP) is -0.760. The highest BCUT2D eigenvalue weighted by molar-refractivity contribution is 7.92. The van der Waals surface area contributed by atoms with Crippen LogP contribution in [0.15, 0.2) is 0 Å². The lowest BCUT2D eigenvalue weighted by Crippen LogP contribution is -2.61. The second-order valence-corrected chi connectivity index (χ2v) is 7.08. The van der Waals surface area contributed by atoms with Crippen LogP contribution in [0.3, 0.4) is 0 Å². The van der Waals surface area contributed by atoms with Gasteiger partial charge < -0.3 is 10.2 Å². The molecule has 1 N–H and O–H groups in total. The van der Waals surface area contributed by atoms with Crippen LogP contribution >= 0.6 is 0 Å². The summed E-state index contributed by atoms with van der Waals surface area (Å²) in [5, 5.41) is 3.04. The van der Waals surface area contributed by atoms with E-state index in [2.05, 4.69) is 5.32 Å². The van der Waals surface area contributed by atoms with E-state index in [0.29, 0.717) is 0 Å². The third-order valence-electron chi connectivity index (χ3n) is 3.07. The molecule has 0 saturated carbocycles. The third-order valence-corrected chi connectivity index (χ3v) is 5.10. The summed E-state index contributed by atoms with van der Waals surface area (Å²) in [6, 6.07) is 0.124. The van der Waals surface area contributed by atoms with Gasteiger partial charge in [-0.2, -0.15) is 0 Å². The van der Waals surface area contributed by atoms with E-state index in [1.54, 1.807) is 7.05 Å². The van der Waals surface area contributed by atoms with Crippen LogP contribution in [0.2, 0.25) is 0 Å². The fourth-order valence-electron chi connectivity index (χ4n) is 1.30. The van der Waals surface area contributed by atoms with Gasteiger partial charge in [-0.1, -0.05) is 0 Å². The maximum Gasteiger partial charge on any atom is 0.243 e. The number of nitrogens with one attached hydrogen (secondary N) is 1. The quantitative estimate of drug-likeness (QED) is 0.697. The number of carbonyl (C=O) groups excluding carboxylic acids is 1. The zero-order chi connectivity index (χ0) is 11.9. The smallest absolute Gasteiger partial charge is 0.243 e. The highest BCUT2D eigenvalue weighted by Crippen LogP contribution is 2.19. The summed E-state index contributed by atoms with van der Waals surface area (Å²) in [4.78, 5) is 13.5. The van der Waals surface area contributed by atoms with E-state index in [-0.39, 0.29) is 11.9 Å². The van der Waals surface area contributed by atoms with Crippen molar-refractivity contribution >= 4 is 15.7 Å². The van der Waals surface area contributed by atoms with Gasteiger partial charge in [-0.15, -0.1) is 0 Å². The molecule has 0 atom stereocenters. The lowest BCUT2D eigenvalue weighted by molar-refractivity contribution is -0.134. The maximum atomic E-state index is 12.0. The minimum absolute atomic E-state index is 0.124. The number of hydrogen-bond donors (Lipinski definition) is 1. The van der Waals surface area contributed by atoms with Crippen LogP contribution in [-0.4, -0.2) is 56.4 Å². The molecule has 5 nitrogen and oxygen atoms in total. The predicted molar refractivity (Wildman–Crippen MR) is 58.4 cm³/mol. The molecule has 0 bridgehead atoms. The van der Waals surface area contributed by atoms with Crippen molar-refractivity contribution in [3.63, 3.8) is 0 Å². The zero-order valence-corrected chi connectivity index (χ0v) is 10.4. The third kappa shape index (κ3) is 2.15. The summed E-state index contributed by atoms with van der Waals surface area (Å²) in [5.41, 5.74) is 0. The monoisotopic (exact) mass is 234 g/mol. The van der Waals surface area contributed by atoms with Gasteiger partial charge in [-0.3, -0.25) is 4.79 Å². The Labute approximate surface area is 90.7 Å². The van der Waals surface area contributed by atoms with Crippen molar-refractivity contribution in [2.24, 2.45) is 0 Å². The first-order chi connectivity index (χ1) is 6.68. The number of nitrogens with zero attached hydrogens (tertiary/aromatic N) is 1. The fraction of sp³-hybridized carbons (Fsp3) is 0.889. The van der Waals surface area contributed by atoms with Crippen LogP contribution < -0.4 is 5.32 Å². The van der Waals surface area contributed by atoms with Gasteiger partial charge in [0.1, 0.15) is 4.75 Å². The normalized spacial score (nSPS) is 18.4. The van der Waals surface area contributed by atoms with Gasteiger partial charge in [0.2, 0.25) is 5.91 Å². The number of sulfone groups is 1. The number of hydrogen-bond acceptors (Lipinski definition) is 4. The molecule has 6 heteroatoms. The van der Waals surface area contributed by atoms with Crippen molar-refractivity contribution in [3.8, 4) is 0 Å². The van der Waals surface area contributed by atoms with Crippen molar-refractivity contribution in [3.05, 3.63) is 0 Å².